The van der Waals surface area contributed by atoms with Crippen molar-refractivity contribution in [3.63, 3.8) is 0 Å². The van der Waals surface area contributed by atoms with Gasteiger partial charge in [-0.3, -0.25) is 4.90 Å². The lowest BCUT2D eigenvalue weighted by molar-refractivity contribution is 0.0249. The minimum atomic E-state index is 0.896. The molecule has 1 saturated heterocycles. The van der Waals surface area contributed by atoms with Gasteiger partial charge in [0.05, 0.1) is 0 Å². The highest BCUT2D eigenvalue weighted by molar-refractivity contribution is 4.90. The SMILES string of the molecule is C1CCC(N(C2CCCCC2)C2CCNCC2)CC1. The molecule has 2 heteroatoms. The Morgan fingerprint density at radius 1 is 0.526 bits per heavy atom. The van der Waals surface area contributed by atoms with E-state index in [1.54, 1.807) is 0 Å². The van der Waals surface area contributed by atoms with Crippen LogP contribution in [0.25, 0.3) is 0 Å². The van der Waals surface area contributed by atoms with Crippen LogP contribution in [0.4, 0.5) is 0 Å². The van der Waals surface area contributed by atoms with E-state index in [0.29, 0.717) is 0 Å². The van der Waals surface area contributed by atoms with Gasteiger partial charge in [-0.2, -0.15) is 0 Å². The fraction of sp³-hybridized carbons (Fsp3) is 1.00. The van der Waals surface area contributed by atoms with Gasteiger partial charge in [-0.15, -0.1) is 0 Å². The maximum absolute atomic E-state index is 3.55. The summed E-state index contributed by atoms with van der Waals surface area (Å²) in [6.07, 6.45) is 17.7. The van der Waals surface area contributed by atoms with Gasteiger partial charge in [-0.25, -0.2) is 0 Å². The lowest BCUT2D eigenvalue weighted by atomic mass is 9.86. The summed E-state index contributed by atoms with van der Waals surface area (Å²) in [5, 5.41) is 3.55. The van der Waals surface area contributed by atoms with Crippen LogP contribution in [-0.2, 0) is 0 Å². The summed E-state index contributed by atoms with van der Waals surface area (Å²) in [6.45, 7) is 2.50. The monoisotopic (exact) mass is 264 g/mol. The summed E-state index contributed by atoms with van der Waals surface area (Å²) in [6, 6.07) is 2.76. The highest BCUT2D eigenvalue weighted by Gasteiger charge is 2.34. The van der Waals surface area contributed by atoms with E-state index >= 15 is 0 Å². The first-order valence-corrected chi connectivity index (χ1v) is 8.93. The van der Waals surface area contributed by atoms with Gasteiger partial charge in [0.15, 0.2) is 0 Å². The topological polar surface area (TPSA) is 15.3 Å². The van der Waals surface area contributed by atoms with Gasteiger partial charge >= 0.3 is 0 Å². The lowest BCUT2D eigenvalue weighted by Crippen LogP contribution is -2.53. The van der Waals surface area contributed by atoms with E-state index in [-0.39, 0.29) is 0 Å². The molecule has 0 radical (unpaired) electrons. The molecular weight excluding hydrogens is 232 g/mol. The molecule has 2 aliphatic carbocycles. The molecule has 0 aromatic rings. The Hall–Kier alpha value is -0.0800. The third kappa shape index (κ3) is 3.52. The predicted molar refractivity (Wildman–Crippen MR) is 81.5 cm³/mol. The molecule has 0 aromatic heterocycles. The van der Waals surface area contributed by atoms with Crippen LogP contribution < -0.4 is 5.32 Å². The zero-order valence-electron chi connectivity index (χ0n) is 12.6. The van der Waals surface area contributed by atoms with E-state index < -0.39 is 0 Å². The van der Waals surface area contributed by atoms with Gasteiger partial charge < -0.3 is 5.32 Å². The first-order chi connectivity index (χ1) is 9.45. The first kappa shape index (κ1) is 13.9. The van der Waals surface area contributed by atoms with Gasteiger partial charge in [0.2, 0.25) is 0 Å². The Morgan fingerprint density at radius 2 is 0.947 bits per heavy atom. The quantitative estimate of drug-likeness (QED) is 0.836. The van der Waals surface area contributed by atoms with Crippen LogP contribution in [0.2, 0.25) is 0 Å². The van der Waals surface area contributed by atoms with Crippen LogP contribution in [-0.4, -0.2) is 36.1 Å². The minimum absolute atomic E-state index is 0.896. The van der Waals surface area contributed by atoms with Crippen LogP contribution in [0.3, 0.4) is 0 Å². The van der Waals surface area contributed by atoms with E-state index in [0.717, 1.165) is 18.1 Å². The van der Waals surface area contributed by atoms with Crippen molar-refractivity contribution in [1.82, 2.24) is 10.2 Å². The Balaban J connectivity index is 1.68. The van der Waals surface area contributed by atoms with Crippen molar-refractivity contribution >= 4 is 0 Å². The van der Waals surface area contributed by atoms with Crippen LogP contribution in [0.15, 0.2) is 0 Å². The molecule has 19 heavy (non-hydrogen) atoms. The van der Waals surface area contributed by atoms with E-state index in [2.05, 4.69) is 10.2 Å². The number of nitrogens with zero attached hydrogens (tertiary/aromatic N) is 1. The predicted octanol–water partition coefficient (Wildman–Crippen LogP) is 3.71. The molecule has 0 unspecified atom stereocenters. The minimum Gasteiger partial charge on any atom is -0.317 e. The van der Waals surface area contributed by atoms with E-state index in [9.17, 15) is 0 Å². The number of hydrogen-bond acceptors (Lipinski definition) is 2. The molecule has 0 amide bonds. The summed E-state index contributed by atoms with van der Waals surface area (Å²) >= 11 is 0. The van der Waals surface area contributed by atoms with E-state index in [4.69, 9.17) is 0 Å². The lowest BCUT2D eigenvalue weighted by Gasteiger charge is -2.47. The Bertz CT molecular complexity index is 205. The van der Waals surface area contributed by atoms with Crippen molar-refractivity contribution in [3.8, 4) is 0 Å². The van der Waals surface area contributed by atoms with E-state index in [1.807, 2.05) is 0 Å². The van der Waals surface area contributed by atoms with Crippen molar-refractivity contribution in [2.75, 3.05) is 13.1 Å². The smallest absolute Gasteiger partial charge is 0.0125 e. The molecule has 3 fully saturated rings. The molecule has 3 aliphatic rings. The zero-order chi connectivity index (χ0) is 12.9. The van der Waals surface area contributed by atoms with Crippen LogP contribution in [0.1, 0.15) is 77.0 Å². The molecule has 1 N–H and O–H groups in total. The first-order valence-electron chi connectivity index (χ1n) is 8.93. The number of nitrogens with one attached hydrogen (secondary N) is 1. The van der Waals surface area contributed by atoms with Crippen LogP contribution in [0.5, 0.6) is 0 Å². The normalized spacial score (nSPS) is 28.9. The fourth-order valence-corrected chi connectivity index (χ4v) is 4.76. The molecular formula is C17H32N2. The molecule has 0 spiro atoms. The van der Waals surface area contributed by atoms with Gasteiger partial charge in [-0.05, 0) is 51.6 Å². The standard InChI is InChI=1S/C17H32N2/c1-3-7-15(8-4-1)19(16-9-5-2-6-10-16)17-11-13-18-14-12-17/h15-18H,1-14H2. The third-order valence-electron chi connectivity index (χ3n) is 5.72. The van der Waals surface area contributed by atoms with Gasteiger partial charge in [0.25, 0.3) is 0 Å². The van der Waals surface area contributed by atoms with Crippen molar-refractivity contribution in [1.29, 1.82) is 0 Å². The molecule has 0 bridgehead atoms. The number of hydrogen-bond donors (Lipinski definition) is 1. The second kappa shape index (κ2) is 7.08. The number of piperidine rings is 1. The third-order valence-corrected chi connectivity index (χ3v) is 5.72. The summed E-state index contributed by atoms with van der Waals surface area (Å²) in [5.74, 6) is 0. The van der Waals surface area contributed by atoms with Gasteiger partial charge in [0.1, 0.15) is 0 Å². The zero-order valence-corrected chi connectivity index (χ0v) is 12.6. The fourth-order valence-electron chi connectivity index (χ4n) is 4.76. The Morgan fingerprint density at radius 3 is 1.42 bits per heavy atom. The maximum atomic E-state index is 3.55. The molecule has 2 saturated carbocycles. The van der Waals surface area contributed by atoms with Crippen molar-refractivity contribution in [3.05, 3.63) is 0 Å². The van der Waals surface area contributed by atoms with Gasteiger partial charge in [0, 0.05) is 18.1 Å². The second-order valence-electron chi connectivity index (χ2n) is 7.01. The average molecular weight is 264 g/mol. The van der Waals surface area contributed by atoms with E-state index in [1.165, 1.54) is 90.1 Å². The van der Waals surface area contributed by atoms with Gasteiger partial charge in [-0.1, -0.05) is 38.5 Å². The average Bonchev–Trinajstić information content (AvgIpc) is 2.51. The molecule has 1 heterocycles. The molecule has 110 valence electrons. The highest BCUT2D eigenvalue weighted by atomic mass is 15.2. The van der Waals surface area contributed by atoms with Crippen molar-refractivity contribution in [2.24, 2.45) is 0 Å². The highest BCUT2D eigenvalue weighted by Crippen LogP contribution is 2.33. The Labute approximate surface area is 119 Å². The molecule has 1 aliphatic heterocycles. The van der Waals surface area contributed by atoms with Crippen molar-refractivity contribution in [2.45, 2.75) is 95.2 Å². The molecule has 3 rings (SSSR count). The van der Waals surface area contributed by atoms with Crippen LogP contribution in [0, 0.1) is 0 Å². The molecule has 0 aromatic carbocycles. The largest absolute Gasteiger partial charge is 0.317 e. The summed E-state index contributed by atoms with van der Waals surface area (Å²) in [5.41, 5.74) is 0. The summed E-state index contributed by atoms with van der Waals surface area (Å²) in [7, 11) is 0. The summed E-state index contributed by atoms with van der Waals surface area (Å²) < 4.78 is 0. The van der Waals surface area contributed by atoms with Crippen LogP contribution >= 0.6 is 0 Å². The molecule has 2 nitrogen and oxygen atoms in total. The summed E-state index contributed by atoms with van der Waals surface area (Å²) in [4.78, 5) is 3.04. The Kier molecular flexibility index (Phi) is 5.17. The maximum Gasteiger partial charge on any atom is 0.0125 e. The number of rotatable bonds is 3. The second-order valence-corrected chi connectivity index (χ2v) is 7.01. The van der Waals surface area contributed by atoms with Crippen molar-refractivity contribution < 1.29 is 0 Å². The molecule has 0 atom stereocenters.